The van der Waals surface area contributed by atoms with Gasteiger partial charge in [-0.15, -0.1) is 0 Å². The first-order valence-corrected chi connectivity index (χ1v) is 8.82. The number of furan rings is 1. The highest BCUT2D eigenvalue weighted by atomic mass is 16.7. The number of ether oxygens (including phenoxy) is 3. The molecule has 2 rings (SSSR count). The van der Waals surface area contributed by atoms with Gasteiger partial charge < -0.3 is 18.6 Å². The Balaban J connectivity index is 1.79. The summed E-state index contributed by atoms with van der Waals surface area (Å²) in [5.74, 6) is -1.73. The lowest BCUT2D eigenvalue weighted by Crippen LogP contribution is -2.30. The zero-order valence-corrected chi connectivity index (χ0v) is 16.2. The highest BCUT2D eigenvalue weighted by Crippen LogP contribution is 2.31. The molecule has 1 aromatic heterocycles. The average molecular weight is 374 g/mol. The number of carbonyl (C=O) groups is 2. The van der Waals surface area contributed by atoms with Gasteiger partial charge in [0.05, 0.1) is 12.5 Å². The maximum Gasteiger partial charge on any atom is 0.336 e. The number of rotatable bonds is 9. The maximum absolute atomic E-state index is 11.8. The summed E-state index contributed by atoms with van der Waals surface area (Å²) >= 11 is 0. The summed E-state index contributed by atoms with van der Waals surface area (Å²) in [6.45, 7) is 5.77. The molecule has 0 saturated carbocycles. The van der Waals surface area contributed by atoms with E-state index in [0.29, 0.717) is 12.0 Å². The molecule has 0 radical (unpaired) electrons. The topological polar surface area (TPSA) is 75.0 Å². The van der Waals surface area contributed by atoms with E-state index in [1.54, 1.807) is 25.3 Å². The van der Waals surface area contributed by atoms with Gasteiger partial charge in [0.1, 0.15) is 6.61 Å². The van der Waals surface area contributed by atoms with Crippen LogP contribution in [0.5, 0.6) is 0 Å². The van der Waals surface area contributed by atoms with Crippen molar-refractivity contribution in [1.29, 1.82) is 0 Å². The van der Waals surface area contributed by atoms with E-state index in [1.807, 2.05) is 13.8 Å². The second kappa shape index (κ2) is 9.37. The maximum atomic E-state index is 11.8. The van der Waals surface area contributed by atoms with Gasteiger partial charge in [0, 0.05) is 30.7 Å². The van der Waals surface area contributed by atoms with Gasteiger partial charge in [-0.2, -0.15) is 0 Å². The predicted octanol–water partition coefficient (Wildman–Crippen LogP) is 4.23. The van der Waals surface area contributed by atoms with E-state index in [4.69, 9.17) is 18.6 Å². The van der Waals surface area contributed by atoms with Gasteiger partial charge in [0.15, 0.2) is 0 Å². The first-order valence-electron chi connectivity index (χ1n) is 8.82. The SMILES string of the molecule is CO[C@@]1(CC(C)=CCCC(C)=CC(=O)OCc2ccoc2)C=C(C)C(=O)O1. The Bertz CT molecular complexity index is 754. The van der Waals surface area contributed by atoms with Crippen LogP contribution in [0.3, 0.4) is 0 Å². The number of esters is 2. The lowest BCUT2D eigenvalue weighted by atomic mass is 10.0. The zero-order valence-electron chi connectivity index (χ0n) is 16.2. The Hall–Kier alpha value is -2.60. The van der Waals surface area contributed by atoms with E-state index >= 15 is 0 Å². The monoisotopic (exact) mass is 374 g/mol. The molecule has 0 N–H and O–H groups in total. The van der Waals surface area contributed by atoms with Gasteiger partial charge in [-0.1, -0.05) is 17.2 Å². The number of methoxy groups -OCH3 is 1. The minimum Gasteiger partial charge on any atom is -0.472 e. The Morgan fingerprint density at radius 2 is 2.07 bits per heavy atom. The molecule has 0 spiro atoms. The third-order valence-corrected chi connectivity index (χ3v) is 4.25. The van der Waals surface area contributed by atoms with Crippen LogP contribution >= 0.6 is 0 Å². The highest BCUT2D eigenvalue weighted by Gasteiger charge is 2.38. The highest BCUT2D eigenvalue weighted by molar-refractivity contribution is 5.90. The second-order valence-corrected chi connectivity index (χ2v) is 6.73. The third-order valence-electron chi connectivity index (χ3n) is 4.25. The van der Waals surface area contributed by atoms with Crippen molar-refractivity contribution >= 4 is 11.9 Å². The fraction of sp³-hybridized carbons (Fsp3) is 0.429. The molecular weight excluding hydrogens is 348 g/mol. The number of carbonyl (C=O) groups excluding carboxylic acids is 2. The van der Waals surface area contributed by atoms with Crippen LogP contribution in [0.4, 0.5) is 0 Å². The molecule has 2 heterocycles. The Kier molecular flexibility index (Phi) is 7.19. The predicted molar refractivity (Wildman–Crippen MR) is 99.5 cm³/mol. The van der Waals surface area contributed by atoms with E-state index < -0.39 is 5.79 Å². The normalized spacial score (nSPS) is 20.4. The van der Waals surface area contributed by atoms with Gasteiger partial charge in [0.2, 0.25) is 5.79 Å². The van der Waals surface area contributed by atoms with Crippen molar-refractivity contribution in [1.82, 2.24) is 0 Å². The molecule has 27 heavy (non-hydrogen) atoms. The third kappa shape index (κ3) is 6.25. The summed E-state index contributed by atoms with van der Waals surface area (Å²) in [5.41, 5.74) is 3.35. The first-order chi connectivity index (χ1) is 12.8. The molecule has 1 aliphatic heterocycles. The molecule has 6 nitrogen and oxygen atoms in total. The molecule has 146 valence electrons. The van der Waals surface area contributed by atoms with Crippen LogP contribution in [-0.2, 0) is 30.4 Å². The van der Waals surface area contributed by atoms with Crippen molar-refractivity contribution in [3.63, 3.8) is 0 Å². The van der Waals surface area contributed by atoms with Crippen LogP contribution in [-0.4, -0.2) is 24.8 Å². The van der Waals surface area contributed by atoms with Gasteiger partial charge in [0.25, 0.3) is 0 Å². The van der Waals surface area contributed by atoms with Crippen LogP contribution in [0.1, 0.15) is 45.6 Å². The Labute approximate surface area is 159 Å². The summed E-state index contributed by atoms with van der Waals surface area (Å²) in [6, 6.07) is 1.75. The van der Waals surface area contributed by atoms with Gasteiger partial charge >= 0.3 is 11.9 Å². The summed E-state index contributed by atoms with van der Waals surface area (Å²) in [4.78, 5) is 23.4. The molecule has 1 aliphatic rings. The van der Waals surface area contributed by atoms with Crippen molar-refractivity contribution in [2.45, 2.75) is 52.4 Å². The fourth-order valence-electron chi connectivity index (χ4n) is 2.77. The van der Waals surface area contributed by atoms with E-state index in [9.17, 15) is 9.59 Å². The zero-order chi connectivity index (χ0) is 19.9. The van der Waals surface area contributed by atoms with E-state index in [1.165, 1.54) is 19.4 Å². The largest absolute Gasteiger partial charge is 0.472 e. The summed E-state index contributed by atoms with van der Waals surface area (Å²) < 4.78 is 20.8. The molecule has 1 aromatic rings. The number of hydrogen-bond acceptors (Lipinski definition) is 6. The first kappa shape index (κ1) is 20.7. The van der Waals surface area contributed by atoms with Gasteiger partial charge in [-0.3, -0.25) is 0 Å². The van der Waals surface area contributed by atoms with E-state index in [-0.39, 0.29) is 18.5 Å². The van der Waals surface area contributed by atoms with Crippen LogP contribution in [0.15, 0.2) is 58.0 Å². The molecule has 0 unspecified atom stereocenters. The van der Waals surface area contributed by atoms with Crippen molar-refractivity contribution in [3.8, 4) is 0 Å². The van der Waals surface area contributed by atoms with Crippen molar-refractivity contribution in [2.24, 2.45) is 0 Å². The molecule has 0 bridgehead atoms. The minimum absolute atomic E-state index is 0.197. The molecule has 0 fully saturated rings. The lowest BCUT2D eigenvalue weighted by Gasteiger charge is -2.24. The summed E-state index contributed by atoms with van der Waals surface area (Å²) in [6.07, 6.45) is 10.3. The average Bonchev–Trinajstić information content (AvgIpc) is 3.22. The molecule has 0 aliphatic carbocycles. The molecule has 0 aromatic carbocycles. The van der Waals surface area contributed by atoms with Crippen LogP contribution in [0, 0.1) is 0 Å². The summed E-state index contributed by atoms with van der Waals surface area (Å²) in [7, 11) is 1.53. The minimum atomic E-state index is -1.01. The molecule has 6 heteroatoms. The van der Waals surface area contributed by atoms with Gasteiger partial charge in [-0.25, -0.2) is 9.59 Å². The van der Waals surface area contributed by atoms with Crippen LogP contribution in [0.25, 0.3) is 0 Å². The number of hydrogen-bond donors (Lipinski definition) is 0. The molecular formula is C21H26O6. The number of cyclic esters (lactones) is 1. The van der Waals surface area contributed by atoms with Crippen molar-refractivity contribution in [3.05, 3.63) is 59.1 Å². The number of allylic oxidation sites excluding steroid dienone is 2. The Morgan fingerprint density at radius 3 is 2.67 bits per heavy atom. The second-order valence-electron chi connectivity index (χ2n) is 6.73. The van der Waals surface area contributed by atoms with Crippen molar-refractivity contribution < 1.29 is 28.2 Å². The molecule has 1 atom stereocenters. The van der Waals surface area contributed by atoms with Gasteiger partial charge in [-0.05, 0) is 45.8 Å². The molecule has 0 amide bonds. The van der Waals surface area contributed by atoms with Crippen molar-refractivity contribution in [2.75, 3.05) is 7.11 Å². The Morgan fingerprint density at radius 1 is 1.30 bits per heavy atom. The lowest BCUT2D eigenvalue weighted by molar-refractivity contribution is -0.188. The summed E-state index contributed by atoms with van der Waals surface area (Å²) in [5, 5.41) is 0. The van der Waals surface area contributed by atoms with E-state index in [0.717, 1.165) is 29.6 Å². The van der Waals surface area contributed by atoms with Crippen LogP contribution in [0.2, 0.25) is 0 Å². The fourth-order valence-corrected chi connectivity index (χ4v) is 2.77. The van der Waals surface area contributed by atoms with E-state index in [2.05, 4.69) is 6.08 Å². The smallest absolute Gasteiger partial charge is 0.336 e. The molecule has 0 saturated heterocycles. The van der Waals surface area contributed by atoms with Crippen LogP contribution < -0.4 is 0 Å². The standard InChI is InChI=1S/C21H26O6/c1-15(10-19(22)26-14-18-8-9-25-13-18)6-5-7-16(2)11-21(24-4)12-17(3)20(23)27-21/h7-10,12-13H,5-6,11,14H2,1-4H3/t21-/m1/s1. The quantitative estimate of drug-likeness (QED) is 0.366.